The molecule has 0 aliphatic carbocycles. The molecule has 0 bridgehead atoms. The predicted octanol–water partition coefficient (Wildman–Crippen LogP) is 6.64. The number of hydrogen-bond acceptors (Lipinski definition) is 3. The Morgan fingerprint density at radius 3 is 2.63 bits per heavy atom. The van der Waals surface area contributed by atoms with Crippen LogP contribution in [0.25, 0.3) is 11.0 Å². The molecule has 0 amide bonds. The summed E-state index contributed by atoms with van der Waals surface area (Å²) in [7, 11) is 1.74. The lowest BCUT2D eigenvalue weighted by Crippen LogP contribution is -2.28. The summed E-state index contributed by atoms with van der Waals surface area (Å²) in [6.45, 7) is 3.82. The molecule has 0 radical (unpaired) electrons. The Morgan fingerprint density at radius 2 is 1.93 bits per heavy atom. The van der Waals surface area contributed by atoms with Gasteiger partial charge in [0.15, 0.2) is 0 Å². The number of rotatable bonds is 4. The van der Waals surface area contributed by atoms with Gasteiger partial charge in [-0.25, -0.2) is 4.98 Å². The van der Waals surface area contributed by atoms with Gasteiger partial charge in [0.2, 0.25) is 5.95 Å². The molecular formula is C20H20Cl3N3O. The molecule has 1 unspecified atom stereocenters. The Labute approximate surface area is 173 Å². The minimum absolute atomic E-state index is 0.0000584. The largest absolute Gasteiger partial charge is 0.377 e. The molecule has 7 heteroatoms. The molecule has 0 N–H and O–H groups in total. The third kappa shape index (κ3) is 3.19. The van der Waals surface area contributed by atoms with Crippen LogP contribution in [-0.2, 0) is 11.3 Å². The maximum atomic E-state index is 6.51. The average molecular weight is 425 g/mol. The van der Waals surface area contributed by atoms with E-state index in [-0.39, 0.29) is 6.10 Å². The first kappa shape index (κ1) is 18.9. The molecule has 4 nitrogen and oxygen atoms in total. The lowest BCUT2D eigenvalue weighted by molar-refractivity contribution is 0.101. The summed E-state index contributed by atoms with van der Waals surface area (Å²) in [6.07, 6.45) is 1.85. The van der Waals surface area contributed by atoms with E-state index in [0.29, 0.717) is 15.1 Å². The third-order valence-electron chi connectivity index (χ3n) is 5.06. The Kier molecular flexibility index (Phi) is 5.26. The van der Waals surface area contributed by atoms with E-state index in [2.05, 4.69) is 16.4 Å². The van der Waals surface area contributed by atoms with E-state index in [0.717, 1.165) is 54.2 Å². The molecular weight excluding hydrogens is 405 g/mol. The van der Waals surface area contributed by atoms with E-state index in [1.165, 1.54) is 0 Å². The molecule has 2 heterocycles. The Bertz CT molecular complexity index is 998. The maximum absolute atomic E-state index is 6.51. The van der Waals surface area contributed by atoms with Crippen LogP contribution in [0.15, 0.2) is 30.3 Å². The van der Waals surface area contributed by atoms with Gasteiger partial charge in [-0.1, -0.05) is 47.8 Å². The third-order valence-corrected chi connectivity index (χ3v) is 5.91. The second kappa shape index (κ2) is 7.51. The highest BCUT2D eigenvalue weighted by atomic mass is 35.5. The number of hydrogen-bond donors (Lipinski definition) is 0. The summed E-state index contributed by atoms with van der Waals surface area (Å²) >= 11 is 19.1. The van der Waals surface area contributed by atoms with Crippen LogP contribution in [0, 0.1) is 0 Å². The van der Waals surface area contributed by atoms with Crippen molar-refractivity contribution in [3.63, 3.8) is 0 Å². The number of anilines is 2. The fourth-order valence-corrected chi connectivity index (χ4v) is 4.53. The molecule has 0 spiro atoms. The van der Waals surface area contributed by atoms with Crippen molar-refractivity contribution in [3.8, 4) is 0 Å². The molecule has 1 atom stereocenters. The van der Waals surface area contributed by atoms with Crippen LogP contribution in [-0.4, -0.2) is 23.2 Å². The standard InChI is InChI=1S/C20H20Cl3N3O/c1-3-17(27-2)13-6-7-14(22)18-19(13)26-10-4-9-25(20(26)24-18)16-8-5-12(21)11-15(16)23/h5-8,11,17H,3-4,9-10H2,1-2H3. The number of ether oxygens (including phenoxy) is 1. The number of aromatic nitrogens is 2. The Balaban J connectivity index is 1.94. The van der Waals surface area contributed by atoms with Crippen LogP contribution in [0.2, 0.25) is 15.1 Å². The van der Waals surface area contributed by atoms with Gasteiger partial charge in [0.05, 0.1) is 27.4 Å². The summed E-state index contributed by atoms with van der Waals surface area (Å²) < 4.78 is 7.93. The van der Waals surface area contributed by atoms with Crippen LogP contribution in [0.1, 0.15) is 31.4 Å². The van der Waals surface area contributed by atoms with Crippen molar-refractivity contribution < 1.29 is 4.74 Å². The van der Waals surface area contributed by atoms with E-state index in [1.54, 1.807) is 13.2 Å². The molecule has 0 saturated heterocycles. The average Bonchev–Trinajstić information content (AvgIpc) is 3.05. The highest BCUT2D eigenvalue weighted by Gasteiger charge is 2.27. The fraction of sp³-hybridized carbons (Fsp3) is 0.350. The molecule has 0 fully saturated rings. The van der Waals surface area contributed by atoms with Crippen LogP contribution in [0.3, 0.4) is 0 Å². The smallest absolute Gasteiger partial charge is 0.211 e. The minimum atomic E-state index is 0.0000584. The summed E-state index contributed by atoms with van der Waals surface area (Å²) in [6, 6.07) is 9.49. The van der Waals surface area contributed by atoms with Gasteiger partial charge in [-0.05, 0) is 37.1 Å². The van der Waals surface area contributed by atoms with Crippen LogP contribution in [0.5, 0.6) is 0 Å². The van der Waals surface area contributed by atoms with Crippen molar-refractivity contribution in [2.24, 2.45) is 0 Å². The topological polar surface area (TPSA) is 30.3 Å². The Morgan fingerprint density at radius 1 is 1.11 bits per heavy atom. The normalized spacial score (nSPS) is 15.2. The van der Waals surface area contributed by atoms with Crippen molar-refractivity contribution in [3.05, 3.63) is 51.0 Å². The number of benzene rings is 2. The second-order valence-corrected chi connectivity index (χ2v) is 7.88. The minimum Gasteiger partial charge on any atom is -0.377 e. The summed E-state index contributed by atoms with van der Waals surface area (Å²) in [5.74, 6) is 0.848. The molecule has 3 aromatic rings. The van der Waals surface area contributed by atoms with E-state index in [9.17, 15) is 0 Å². The first-order chi connectivity index (χ1) is 13.0. The zero-order valence-corrected chi connectivity index (χ0v) is 17.4. The summed E-state index contributed by atoms with van der Waals surface area (Å²) in [5, 5.41) is 1.87. The molecule has 1 aromatic heterocycles. The molecule has 27 heavy (non-hydrogen) atoms. The Hall–Kier alpha value is -1.46. The van der Waals surface area contributed by atoms with Crippen molar-refractivity contribution in [1.82, 2.24) is 9.55 Å². The molecule has 1 aliphatic rings. The van der Waals surface area contributed by atoms with Gasteiger partial charge in [0, 0.05) is 30.8 Å². The molecule has 4 rings (SSSR count). The van der Waals surface area contributed by atoms with Gasteiger partial charge in [0.1, 0.15) is 5.52 Å². The van der Waals surface area contributed by atoms with Gasteiger partial charge >= 0.3 is 0 Å². The number of methoxy groups -OCH3 is 1. The number of aryl methyl sites for hydroxylation is 1. The van der Waals surface area contributed by atoms with Crippen molar-refractivity contribution in [1.29, 1.82) is 0 Å². The number of halogens is 3. The molecule has 2 aromatic carbocycles. The zero-order chi connectivity index (χ0) is 19.1. The van der Waals surface area contributed by atoms with Gasteiger partial charge in [-0.3, -0.25) is 0 Å². The lowest BCUT2D eigenvalue weighted by atomic mass is 10.0. The fourth-order valence-electron chi connectivity index (χ4n) is 3.83. The number of imidazole rings is 1. The van der Waals surface area contributed by atoms with E-state index >= 15 is 0 Å². The summed E-state index contributed by atoms with van der Waals surface area (Å²) in [5.41, 5.74) is 3.86. The van der Waals surface area contributed by atoms with Crippen molar-refractivity contribution in [2.45, 2.75) is 32.4 Å². The second-order valence-electron chi connectivity index (χ2n) is 6.63. The first-order valence-electron chi connectivity index (χ1n) is 8.99. The highest BCUT2D eigenvalue weighted by Crippen LogP contribution is 2.41. The lowest BCUT2D eigenvalue weighted by Gasteiger charge is -2.30. The molecule has 1 aliphatic heterocycles. The van der Waals surface area contributed by atoms with Gasteiger partial charge in [0.25, 0.3) is 0 Å². The summed E-state index contributed by atoms with van der Waals surface area (Å²) in [4.78, 5) is 7.03. The van der Waals surface area contributed by atoms with E-state index < -0.39 is 0 Å². The highest BCUT2D eigenvalue weighted by molar-refractivity contribution is 6.36. The van der Waals surface area contributed by atoms with Crippen LogP contribution >= 0.6 is 34.8 Å². The van der Waals surface area contributed by atoms with Crippen LogP contribution < -0.4 is 4.90 Å². The van der Waals surface area contributed by atoms with E-state index in [4.69, 9.17) is 44.5 Å². The monoisotopic (exact) mass is 423 g/mol. The molecule has 142 valence electrons. The SMILES string of the molecule is CCC(OC)c1ccc(Cl)c2nc3n(c12)CCCN3c1ccc(Cl)cc1Cl. The first-order valence-corrected chi connectivity index (χ1v) is 10.1. The predicted molar refractivity (Wildman–Crippen MR) is 113 cm³/mol. The quantitative estimate of drug-likeness (QED) is 0.470. The maximum Gasteiger partial charge on any atom is 0.211 e. The van der Waals surface area contributed by atoms with Crippen LogP contribution in [0.4, 0.5) is 11.6 Å². The zero-order valence-electron chi connectivity index (χ0n) is 15.2. The van der Waals surface area contributed by atoms with Gasteiger partial charge in [-0.15, -0.1) is 0 Å². The van der Waals surface area contributed by atoms with Crippen molar-refractivity contribution in [2.75, 3.05) is 18.6 Å². The van der Waals surface area contributed by atoms with Gasteiger partial charge < -0.3 is 14.2 Å². The number of fused-ring (bicyclic) bond motifs is 3. The van der Waals surface area contributed by atoms with Gasteiger partial charge in [-0.2, -0.15) is 0 Å². The van der Waals surface area contributed by atoms with E-state index in [1.807, 2.05) is 24.3 Å². The molecule has 0 saturated carbocycles. The van der Waals surface area contributed by atoms with Crippen molar-refractivity contribution >= 4 is 57.5 Å². The number of nitrogens with zero attached hydrogens (tertiary/aromatic N) is 3.